The highest BCUT2D eigenvalue weighted by Crippen LogP contribution is 2.25. The van der Waals surface area contributed by atoms with E-state index in [0.717, 1.165) is 15.9 Å². The summed E-state index contributed by atoms with van der Waals surface area (Å²) in [5.74, 6) is 1.15. The molecule has 1 aromatic heterocycles. The van der Waals surface area contributed by atoms with Gasteiger partial charge in [-0.3, -0.25) is 4.99 Å². The molecule has 0 saturated heterocycles. The zero-order valence-corrected chi connectivity index (χ0v) is 11.5. The number of aliphatic imine (C=N–C) groups is 1. The Kier molecular flexibility index (Phi) is 3.54. The second kappa shape index (κ2) is 4.75. The van der Waals surface area contributed by atoms with Crippen LogP contribution in [0.1, 0.15) is 32.2 Å². The van der Waals surface area contributed by atoms with Gasteiger partial charge in [0, 0.05) is 17.3 Å². The molecular formula is C11H17N3S2. The highest BCUT2D eigenvalue weighted by Gasteiger charge is 2.25. The van der Waals surface area contributed by atoms with Gasteiger partial charge in [0.15, 0.2) is 5.17 Å². The minimum Gasteiger partial charge on any atom is -0.354 e. The zero-order valence-electron chi connectivity index (χ0n) is 9.86. The Bertz CT molecular complexity index is 371. The third kappa shape index (κ3) is 2.77. The lowest BCUT2D eigenvalue weighted by molar-refractivity contribution is 0.484. The summed E-state index contributed by atoms with van der Waals surface area (Å²) >= 11 is 3.49. The van der Waals surface area contributed by atoms with Crippen molar-refractivity contribution < 1.29 is 0 Å². The predicted octanol–water partition coefficient (Wildman–Crippen LogP) is 2.85. The first kappa shape index (κ1) is 11.9. The predicted molar refractivity (Wildman–Crippen MR) is 72.2 cm³/mol. The van der Waals surface area contributed by atoms with Crippen LogP contribution in [-0.4, -0.2) is 21.9 Å². The summed E-state index contributed by atoms with van der Waals surface area (Å²) in [6.45, 7) is 6.46. The number of amidine groups is 1. The lowest BCUT2D eigenvalue weighted by Crippen LogP contribution is -2.41. The van der Waals surface area contributed by atoms with E-state index in [1.54, 1.807) is 23.1 Å². The van der Waals surface area contributed by atoms with E-state index in [1.165, 1.54) is 6.42 Å². The molecule has 1 unspecified atom stereocenters. The second-order valence-electron chi connectivity index (χ2n) is 4.51. The quantitative estimate of drug-likeness (QED) is 0.883. The number of nitrogens with one attached hydrogen (secondary N) is 1. The maximum Gasteiger partial charge on any atom is 0.157 e. The Hall–Kier alpha value is -0.550. The molecule has 0 aliphatic carbocycles. The van der Waals surface area contributed by atoms with Gasteiger partial charge in [-0.05, 0) is 27.2 Å². The minimum absolute atomic E-state index is 0.128. The molecule has 1 aromatic rings. The molecule has 0 bridgehead atoms. The summed E-state index contributed by atoms with van der Waals surface area (Å²) in [7, 11) is 0. The number of hydrogen-bond acceptors (Lipinski definition) is 5. The topological polar surface area (TPSA) is 37.3 Å². The van der Waals surface area contributed by atoms with Crippen molar-refractivity contribution in [2.45, 2.75) is 38.8 Å². The van der Waals surface area contributed by atoms with Crippen LogP contribution in [0.5, 0.6) is 0 Å². The van der Waals surface area contributed by atoms with Gasteiger partial charge in [0.25, 0.3) is 0 Å². The summed E-state index contributed by atoms with van der Waals surface area (Å²) in [5, 5.41) is 7.66. The molecule has 0 radical (unpaired) electrons. The van der Waals surface area contributed by atoms with E-state index >= 15 is 0 Å². The smallest absolute Gasteiger partial charge is 0.157 e. The van der Waals surface area contributed by atoms with Gasteiger partial charge < -0.3 is 5.32 Å². The summed E-state index contributed by atoms with van der Waals surface area (Å²) in [4.78, 5) is 8.99. The molecule has 1 aliphatic heterocycles. The van der Waals surface area contributed by atoms with E-state index < -0.39 is 0 Å². The van der Waals surface area contributed by atoms with E-state index in [9.17, 15) is 0 Å². The number of hydrogen-bond donors (Lipinski definition) is 1. The van der Waals surface area contributed by atoms with Crippen LogP contribution < -0.4 is 5.32 Å². The van der Waals surface area contributed by atoms with Crippen molar-refractivity contribution >= 4 is 28.3 Å². The van der Waals surface area contributed by atoms with Crippen LogP contribution in [0.15, 0.2) is 16.6 Å². The number of aromatic nitrogens is 1. The summed E-state index contributed by atoms with van der Waals surface area (Å²) in [5.41, 5.74) is -0.128. The van der Waals surface area contributed by atoms with E-state index in [0.29, 0.717) is 6.04 Å². The SMILES string of the molecule is CC1CCSC(NC(C)(C)c2nccs2)=N1. The number of rotatable bonds is 2. The van der Waals surface area contributed by atoms with Gasteiger partial charge in [-0.2, -0.15) is 0 Å². The average Bonchev–Trinajstić information content (AvgIpc) is 2.69. The number of thioether (sulfide) groups is 1. The summed E-state index contributed by atoms with van der Waals surface area (Å²) in [6, 6.07) is 0.441. The van der Waals surface area contributed by atoms with E-state index in [4.69, 9.17) is 0 Å². The zero-order chi connectivity index (χ0) is 11.6. The minimum atomic E-state index is -0.128. The maximum absolute atomic E-state index is 4.62. The molecule has 3 nitrogen and oxygen atoms in total. The van der Waals surface area contributed by atoms with Crippen LogP contribution in [0.2, 0.25) is 0 Å². The Morgan fingerprint density at radius 2 is 2.31 bits per heavy atom. The van der Waals surface area contributed by atoms with Gasteiger partial charge in [-0.25, -0.2) is 4.98 Å². The monoisotopic (exact) mass is 255 g/mol. The third-order valence-corrected chi connectivity index (χ3v) is 4.52. The molecule has 2 rings (SSSR count). The van der Waals surface area contributed by atoms with Crippen molar-refractivity contribution in [1.29, 1.82) is 0 Å². The fourth-order valence-electron chi connectivity index (χ4n) is 1.55. The fraction of sp³-hybridized carbons (Fsp3) is 0.636. The Labute approximate surface area is 105 Å². The van der Waals surface area contributed by atoms with Crippen LogP contribution in [0.25, 0.3) is 0 Å². The van der Waals surface area contributed by atoms with Gasteiger partial charge in [-0.1, -0.05) is 11.8 Å². The van der Waals surface area contributed by atoms with Crippen molar-refractivity contribution in [3.05, 3.63) is 16.6 Å². The molecule has 0 amide bonds. The molecule has 0 saturated carbocycles. The van der Waals surface area contributed by atoms with Crippen LogP contribution in [-0.2, 0) is 5.54 Å². The van der Waals surface area contributed by atoms with Gasteiger partial charge in [0.1, 0.15) is 5.01 Å². The maximum atomic E-state index is 4.62. The van der Waals surface area contributed by atoms with Gasteiger partial charge in [0.2, 0.25) is 0 Å². The van der Waals surface area contributed by atoms with Gasteiger partial charge in [-0.15, -0.1) is 11.3 Å². The molecule has 0 fully saturated rings. The first-order valence-corrected chi connectivity index (χ1v) is 7.33. The van der Waals surface area contributed by atoms with Crippen LogP contribution in [0, 0.1) is 0 Å². The molecule has 5 heteroatoms. The third-order valence-electron chi connectivity index (χ3n) is 2.50. The molecule has 1 aliphatic rings. The van der Waals surface area contributed by atoms with Crippen molar-refractivity contribution in [1.82, 2.24) is 10.3 Å². The molecule has 1 atom stereocenters. The second-order valence-corrected chi connectivity index (χ2v) is 6.49. The van der Waals surface area contributed by atoms with E-state index in [2.05, 4.69) is 36.1 Å². The molecule has 1 N–H and O–H groups in total. The van der Waals surface area contributed by atoms with E-state index in [-0.39, 0.29) is 5.54 Å². The molecular weight excluding hydrogens is 238 g/mol. The summed E-state index contributed by atoms with van der Waals surface area (Å²) in [6.07, 6.45) is 3.02. The highest BCUT2D eigenvalue weighted by atomic mass is 32.2. The molecule has 2 heterocycles. The lowest BCUT2D eigenvalue weighted by Gasteiger charge is -2.28. The Morgan fingerprint density at radius 1 is 1.50 bits per heavy atom. The number of nitrogens with zero attached hydrogens (tertiary/aromatic N) is 2. The highest BCUT2D eigenvalue weighted by molar-refractivity contribution is 8.13. The molecule has 0 spiro atoms. The van der Waals surface area contributed by atoms with E-state index in [1.807, 2.05) is 11.6 Å². The Balaban J connectivity index is 2.09. The molecule has 0 aromatic carbocycles. The molecule has 88 valence electrons. The van der Waals surface area contributed by atoms with Gasteiger partial charge >= 0.3 is 0 Å². The molecule has 16 heavy (non-hydrogen) atoms. The largest absolute Gasteiger partial charge is 0.354 e. The lowest BCUT2D eigenvalue weighted by atomic mass is 10.1. The van der Waals surface area contributed by atoms with Crippen molar-refractivity contribution in [2.75, 3.05) is 5.75 Å². The van der Waals surface area contributed by atoms with Crippen molar-refractivity contribution in [3.63, 3.8) is 0 Å². The average molecular weight is 255 g/mol. The summed E-state index contributed by atoms with van der Waals surface area (Å²) < 4.78 is 0. The first-order valence-electron chi connectivity index (χ1n) is 5.47. The van der Waals surface area contributed by atoms with Crippen molar-refractivity contribution in [3.8, 4) is 0 Å². The Morgan fingerprint density at radius 3 is 2.94 bits per heavy atom. The van der Waals surface area contributed by atoms with Crippen LogP contribution in [0.3, 0.4) is 0 Å². The fourth-order valence-corrected chi connectivity index (χ4v) is 3.50. The van der Waals surface area contributed by atoms with Crippen molar-refractivity contribution in [2.24, 2.45) is 4.99 Å². The normalized spacial score (nSPS) is 21.7. The van der Waals surface area contributed by atoms with Crippen LogP contribution in [0.4, 0.5) is 0 Å². The first-order chi connectivity index (χ1) is 7.58. The standard InChI is InChI=1S/C11H17N3S2/c1-8-4-6-16-10(13-8)14-11(2,3)9-12-5-7-15-9/h5,7-8H,4,6H2,1-3H3,(H,13,14). The number of thiazole rings is 1. The van der Waals surface area contributed by atoms with Crippen LogP contribution >= 0.6 is 23.1 Å². The van der Waals surface area contributed by atoms with Gasteiger partial charge in [0.05, 0.1) is 11.6 Å².